The van der Waals surface area contributed by atoms with E-state index in [4.69, 9.17) is 4.74 Å². The fourth-order valence-electron chi connectivity index (χ4n) is 3.05. The van der Waals surface area contributed by atoms with Crippen molar-refractivity contribution in [2.24, 2.45) is 0 Å². The normalized spacial score (nSPS) is 13.6. The van der Waals surface area contributed by atoms with Crippen molar-refractivity contribution < 1.29 is 19.1 Å². The molecule has 28 heavy (non-hydrogen) atoms. The first kappa shape index (κ1) is 19.5. The smallest absolute Gasteiger partial charge is 0.411 e. The molecule has 0 heterocycles. The van der Waals surface area contributed by atoms with Gasteiger partial charge in [-0.2, -0.15) is 0 Å². The van der Waals surface area contributed by atoms with Crippen molar-refractivity contribution in [2.45, 2.75) is 38.3 Å². The highest BCUT2D eigenvalue weighted by atomic mass is 16.5. The van der Waals surface area contributed by atoms with Gasteiger partial charge in [0.1, 0.15) is 5.75 Å². The Morgan fingerprint density at radius 3 is 2.18 bits per heavy atom. The Morgan fingerprint density at radius 2 is 1.54 bits per heavy atom. The third-order valence-corrected chi connectivity index (χ3v) is 4.56. The third-order valence-electron chi connectivity index (χ3n) is 4.56. The van der Waals surface area contributed by atoms with Crippen molar-refractivity contribution in [2.75, 3.05) is 17.7 Å². The molecule has 0 spiro atoms. The molecule has 3 rings (SSSR count). The van der Waals surface area contributed by atoms with Crippen LogP contribution in [0.2, 0.25) is 0 Å². The van der Waals surface area contributed by atoms with Crippen LogP contribution in [0.4, 0.5) is 21.0 Å². The van der Waals surface area contributed by atoms with Crippen LogP contribution in [-0.4, -0.2) is 25.3 Å². The van der Waals surface area contributed by atoms with Crippen LogP contribution in [0.15, 0.2) is 48.5 Å². The molecule has 1 fully saturated rings. The average Bonchev–Trinajstić information content (AvgIpc) is 3.22. The fraction of sp³-hybridized carbons (Fsp3) is 0.333. The Balaban J connectivity index is 1.43. The van der Waals surface area contributed by atoms with Gasteiger partial charge in [0.2, 0.25) is 0 Å². The molecule has 3 amide bonds. The van der Waals surface area contributed by atoms with Gasteiger partial charge >= 0.3 is 12.1 Å². The molecule has 1 saturated carbocycles. The lowest BCUT2D eigenvalue weighted by molar-refractivity contribution is 0.187. The zero-order chi connectivity index (χ0) is 19.8. The minimum absolute atomic E-state index is 0.291. The number of rotatable bonds is 6. The molecule has 2 aromatic rings. The van der Waals surface area contributed by atoms with Gasteiger partial charge in [0.25, 0.3) is 0 Å². The van der Waals surface area contributed by atoms with Crippen LogP contribution >= 0.6 is 0 Å². The number of ether oxygens (including phenoxy) is 2. The second-order valence-electron chi connectivity index (χ2n) is 6.67. The van der Waals surface area contributed by atoms with E-state index < -0.39 is 6.09 Å². The maximum absolute atomic E-state index is 12.1. The predicted octanol–water partition coefficient (Wildman–Crippen LogP) is 4.51. The molecule has 1 aliphatic carbocycles. The molecule has 148 valence electrons. The number of carbonyl (C=O) groups excluding carboxylic acids is 2. The van der Waals surface area contributed by atoms with E-state index in [1.807, 2.05) is 36.4 Å². The first-order valence-corrected chi connectivity index (χ1v) is 9.38. The lowest BCUT2D eigenvalue weighted by Gasteiger charge is -2.13. The van der Waals surface area contributed by atoms with Gasteiger partial charge in [-0.05, 0) is 67.6 Å². The molecule has 7 nitrogen and oxygen atoms in total. The van der Waals surface area contributed by atoms with Gasteiger partial charge in [-0.15, -0.1) is 0 Å². The summed E-state index contributed by atoms with van der Waals surface area (Å²) >= 11 is 0. The van der Waals surface area contributed by atoms with Crippen molar-refractivity contribution in [1.82, 2.24) is 5.32 Å². The topological polar surface area (TPSA) is 88.7 Å². The Hall–Kier alpha value is -3.22. The lowest BCUT2D eigenvalue weighted by Crippen LogP contribution is -2.28. The van der Waals surface area contributed by atoms with E-state index in [0.717, 1.165) is 24.2 Å². The Labute approximate surface area is 164 Å². The van der Waals surface area contributed by atoms with Crippen molar-refractivity contribution in [3.05, 3.63) is 54.1 Å². The number of anilines is 2. The maximum atomic E-state index is 12.1. The zero-order valence-corrected chi connectivity index (χ0v) is 15.9. The Kier molecular flexibility index (Phi) is 6.73. The van der Waals surface area contributed by atoms with Crippen molar-refractivity contribution >= 4 is 23.5 Å². The highest BCUT2D eigenvalue weighted by molar-refractivity contribution is 5.89. The first-order chi connectivity index (χ1) is 13.6. The SMILES string of the molecule is COC(=O)Nc1ccc(CNC(=O)Nc2ccc(OC3CCCC3)cc2)cc1. The van der Waals surface area contributed by atoms with Crippen LogP contribution in [0.5, 0.6) is 5.75 Å². The summed E-state index contributed by atoms with van der Waals surface area (Å²) in [6.45, 7) is 0.368. The number of benzene rings is 2. The molecule has 0 bridgehead atoms. The molecule has 0 aromatic heterocycles. The van der Waals surface area contributed by atoms with Crippen LogP contribution < -0.4 is 20.7 Å². The van der Waals surface area contributed by atoms with Gasteiger partial charge in [0.05, 0.1) is 13.2 Å². The molecule has 0 atom stereocenters. The largest absolute Gasteiger partial charge is 0.490 e. The van der Waals surface area contributed by atoms with E-state index >= 15 is 0 Å². The standard InChI is InChI=1S/C21H25N3O4/c1-27-21(26)24-17-8-6-15(7-9-17)14-22-20(25)23-16-10-12-19(13-11-16)28-18-4-2-3-5-18/h6-13,18H,2-5,14H2,1H3,(H,24,26)(H2,22,23,25). The Morgan fingerprint density at radius 1 is 0.929 bits per heavy atom. The fourth-order valence-corrected chi connectivity index (χ4v) is 3.05. The van der Waals surface area contributed by atoms with E-state index in [-0.39, 0.29) is 6.03 Å². The summed E-state index contributed by atoms with van der Waals surface area (Å²) in [4.78, 5) is 23.2. The van der Waals surface area contributed by atoms with Gasteiger partial charge in [-0.3, -0.25) is 5.32 Å². The molecule has 1 aliphatic rings. The van der Waals surface area contributed by atoms with E-state index in [9.17, 15) is 9.59 Å². The van der Waals surface area contributed by atoms with Crippen LogP contribution in [0.1, 0.15) is 31.2 Å². The second kappa shape index (κ2) is 9.64. The van der Waals surface area contributed by atoms with Crippen molar-refractivity contribution in [3.63, 3.8) is 0 Å². The molecule has 0 unspecified atom stereocenters. The Bertz CT molecular complexity index is 784. The quantitative estimate of drug-likeness (QED) is 0.685. The molecule has 0 radical (unpaired) electrons. The molecule has 0 saturated heterocycles. The van der Waals surface area contributed by atoms with Gasteiger partial charge < -0.3 is 20.1 Å². The summed E-state index contributed by atoms with van der Waals surface area (Å²) < 4.78 is 10.5. The summed E-state index contributed by atoms with van der Waals surface area (Å²) in [6, 6.07) is 14.3. The monoisotopic (exact) mass is 383 g/mol. The lowest BCUT2D eigenvalue weighted by atomic mass is 10.2. The number of carbonyl (C=O) groups is 2. The van der Waals surface area contributed by atoms with Gasteiger partial charge in [0, 0.05) is 17.9 Å². The summed E-state index contributed by atoms with van der Waals surface area (Å²) in [5, 5.41) is 8.17. The van der Waals surface area contributed by atoms with Crippen molar-refractivity contribution in [3.8, 4) is 5.75 Å². The highest BCUT2D eigenvalue weighted by Crippen LogP contribution is 2.25. The zero-order valence-electron chi connectivity index (χ0n) is 15.9. The van der Waals surface area contributed by atoms with E-state index in [1.165, 1.54) is 20.0 Å². The van der Waals surface area contributed by atoms with E-state index in [1.54, 1.807) is 12.1 Å². The second-order valence-corrected chi connectivity index (χ2v) is 6.67. The molecular formula is C21H25N3O4. The number of nitrogens with one attached hydrogen (secondary N) is 3. The molecule has 3 N–H and O–H groups in total. The number of hydrogen-bond acceptors (Lipinski definition) is 4. The first-order valence-electron chi connectivity index (χ1n) is 9.38. The number of methoxy groups -OCH3 is 1. The molecule has 2 aromatic carbocycles. The van der Waals surface area contributed by atoms with Gasteiger partial charge in [-0.25, -0.2) is 9.59 Å². The minimum atomic E-state index is -0.523. The van der Waals surface area contributed by atoms with Crippen LogP contribution in [-0.2, 0) is 11.3 Å². The van der Waals surface area contributed by atoms with Crippen molar-refractivity contribution in [1.29, 1.82) is 0 Å². The summed E-state index contributed by atoms with van der Waals surface area (Å²) in [6.07, 6.45) is 4.48. The third kappa shape index (κ3) is 5.90. The highest BCUT2D eigenvalue weighted by Gasteiger charge is 2.16. The number of hydrogen-bond donors (Lipinski definition) is 3. The molecule has 0 aliphatic heterocycles. The summed E-state index contributed by atoms with van der Waals surface area (Å²) in [5.41, 5.74) is 2.24. The average molecular weight is 383 g/mol. The van der Waals surface area contributed by atoms with E-state index in [2.05, 4.69) is 20.7 Å². The van der Waals surface area contributed by atoms with Gasteiger partial charge in [-0.1, -0.05) is 12.1 Å². The minimum Gasteiger partial charge on any atom is -0.490 e. The maximum Gasteiger partial charge on any atom is 0.411 e. The van der Waals surface area contributed by atoms with Crippen LogP contribution in [0.25, 0.3) is 0 Å². The molecular weight excluding hydrogens is 358 g/mol. The predicted molar refractivity (Wildman–Crippen MR) is 108 cm³/mol. The number of urea groups is 1. The van der Waals surface area contributed by atoms with E-state index in [0.29, 0.717) is 24.0 Å². The van der Waals surface area contributed by atoms with Gasteiger partial charge in [0.15, 0.2) is 0 Å². The summed E-state index contributed by atoms with van der Waals surface area (Å²) in [7, 11) is 1.31. The number of amides is 3. The van der Waals surface area contributed by atoms with Crippen LogP contribution in [0, 0.1) is 0 Å². The molecule has 7 heteroatoms. The summed E-state index contributed by atoms with van der Waals surface area (Å²) in [5.74, 6) is 0.832. The van der Waals surface area contributed by atoms with Crippen LogP contribution in [0.3, 0.4) is 0 Å².